The van der Waals surface area contributed by atoms with Gasteiger partial charge in [0.25, 0.3) is 5.91 Å². The normalized spacial score (nSPS) is 10.2. The van der Waals surface area contributed by atoms with E-state index < -0.39 is 30.1 Å². The maximum Gasteiger partial charge on any atom is 0.338 e. The van der Waals surface area contributed by atoms with Crippen molar-refractivity contribution in [1.29, 1.82) is 0 Å². The van der Waals surface area contributed by atoms with Crippen LogP contribution in [0.1, 0.15) is 10.4 Å². The first-order valence-electron chi connectivity index (χ1n) is 6.55. The van der Waals surface area contributed by atoms with Gasteiger partial charge < -0.3 is 10.1 Å². The average molecular weight is 337 g/mol. The molecule has 0 aliphatic rings. The van der Waals surface area contributed by atoms with Crippen LogP contribution < -0.4 is 5.32 Å². The number of ether oxygens (including phenoxy) is 1. The Balaban J connectivity index is 1.89. The Labute approximate surface area is 135 Å². The van der Waals surface area contributed by atoms with Crippen molar-refractivity contribution in [2.45, 2.75) is 4.90 Å². The molecule has 0 aromatic heterocycles. The summed E-state index contributed by atoms with van der Waals surface area (Å²) < 4.78 is 31.0. The summed E-state index contributed by atoms with van der Waals surface area (Å²) in [6.45, 7) is -0.570. The predicted octanol–water partition coefficient (Wildman–Crippen LogP) is 3.48. The highest BCUT2D eigenvalue weighted by atomic mass is 32.2. The highest BCUT2D eigenvalue weighted by Gasteiger charge is 2.12. The van der Waals surface area contributed by atoms with Crippen LogP contribution in [0.3, 0.4) is 0 Å². The summed E-state index contributed by atoms with van der Waals surface area (Å²) in [5.74, 6) is -3.03. The van der Waals surface area contributed by atoms with E-state index in [2.05, 4.69) is 5.32 Å². The molecule has 0 saturated carbocycles. The van der Waals surface area contributed by atoms with Gasteiger partial charge in [0.1, 0.15) is 11.6 Å². The maximum atomic E-state index is 13.4. The fraction of sp³-hybridized carbons (Fsp3) is 0.125. The number of halogens is 2. The molecule has 2 aromatic rings. The van der Waals surface area contributed by atoms with Gasteiger partial charge >= 0.3 is 5.97 Å². The minimum absolute atomic E-state index is 0.184. The summed E-state index contributed by atoms with van der Waals surface area (Å²) in [5, 5.41) is 2.20. The highest BCUT2D eigenvalue weighted by Crippen LogP contribution is 2.16. The molecule has 0 bridgehead atoms. The topological polar surface area (TPSA) is 55.4 Å². The van der Waals surface area contributed by atoms with Crippen LogP contribution in [0.15, 0.2) is 47.4 Å². The van der Waals surface area contributed by atoms with Gasteiger partial charge in [-0.2, -0.15) is 0 Å². The summed E-state index contributed by atoms with van der Waals surface area (Å²) in [7, 11) is 0. The Morgan fingerprint density at radius 1 is 1.13 bits per heavy atom. The van der Waals surface area contributed by atoms with Gasteiger partial charge in [0, 0.05) is 11.0 Å². The predicted molar refractivity (Wildman–Crippen MR) is 83.5 cm³/mol. The second-order valence-corrected chi connectivity index (χ2v) is 5.36. The lowest BCUT2D eigenvalue weighted by molar-refractivity contribution is -0.119. The van der Waals surface area contributed by atoms with Gasteiger partial charge in [-0.05, 0) is 42.7 Å². The molecule has 0 heterocycles. The van der Waals surface area contributed by atoms with Crippen LogP contribution >= 0.6 is 11.8 Å². The number of thioether (sulfide) groups is 1. The van der Waals surface area contributed by atoms with E-state index >= 15 is 0 Å². The summed E-state index contributed by atoms with van der Waals surface area (Å²) in [5.41, 5.74) is 0.125. The number of amides is 1. The van der Waals surface area contributed by atoms with Gasteiger partial charge in [0.05, 0.1) is 11.3 Å². The molecule has 120 valence electrons. The van der Waals surface area contributed by atoms with Crippen molar-refractivity contribution in [2.75, 3.05) is 18.2 Å². The second kappa shape index (κ2) is 7.73. The number of esters is 1. The number of rotatable bonds is 5. The van der Waals surface area contributed by atoms with E-state index in [1.165, 1.54) is 11.8 Å². The lowest BCUT2D eigenvalue weighted by atomic mass is 10.2. The molecule has 0 fully saturated rings. The molecule has 0 aliphatic carbocycles. The number of hydrogen-bond donors (Lipinski definition) is 1. The second-order valence-electron chi connectivity index (χ2n) is 4.48. The number of nitrogens with one attached hydrogen (secondary N) is 1. The van der Waals surface area contributed by atoms with Crippen molar-refractivity contribution in [3.63, 3.8) is 0 Å². The quantitative estimate of drug-likeness (QED) is 0.670. The van der Waals surface area contributed by atoms with Gasteiger partial charge in [-0.3, -0.25) is 4.79 Å². The zero-order valence-electron chi connectivity index (χ0n) is 12.1. The van der Waals surface area contributed by atoms with Gasteiger partial charge in [0.15, 0.2) is 6.61 Å². The van der Waals surface area contributed by atoms with Crippen LogP contribution in [0.5, 0.6) is 0 Å². The molecule has 4 nitrogen and oxygen atoms in total. The Morgan fingerprint density at radius 3 is 2.43 bits per heavy atom. The number of anilines is 1. The smallest absolute Gasteiger partial charge is 0.338 e. The fourth-order valence-electron chi connectivity index (χ4n) is 1.72. The Bertz CT molecular complexity index is 720. The number of benzene rings is 2. The molecule has 2 rings (SSSR count). The van der Waals surface area contributed by atoms with E-state index in [0.717, 1.165) is 17.0 Å². The zero-order chi connectivity index (χ0) is 16.8. The zero-order valence-corrected chi connectivity index (χ0v) is 13.0. The van der Waals surface area contributed by atoms with Crippen molar-refractivity contribution in [2.24, 2.45) is 0 Å². The third-order valence-corrected chi connectivity index (χ3v) is 3.61. The first kappa shape index (κ1) is 17.0. The van der Waals surface area contributed by atoms with Crippen LogP contribution in [0.4, 0.5) is 14.5 Å². The molecule has 0 unspecified atom stereocenters. The van der Waals surface area contributed by atoms with Crippen molar-refractivity contribution >= 4 is 29.3 Å². The lowest BCUT2D eigenvalue weighted by Crippen LogP contribution is -2.21. The van der Waals surface area contributed by atoms with Gasteiger partial charge in [-0.15, -0.1) is 11.8 Å². The summed E-state index contributed by atoms with van der Waals surface area (Å²) in [4.78, 5) is 24.4. The van der Waals surface area contributed by atoms with Crippen molar-refractivity contribution in [3.8, 4) is 0 Å². The summed E-state index contributed by atoms with van der Waals surface area (Å²) in [6, 6.07) is 9.44. The minimum Gasteiger partial charge on any atom is -0.452 e. The van der Waals surface area contributed by atoms with Crippen LogP contribution in [0.2, 0.25) is 0 Å². The van der Waals surface area contributed by atoms with Gasteiger partial charge in [-0.25, -0.2) is 13.6 Å². The Morgan fingerprint density at radius 2 is 1.83 bits per heavy atom. The Kier molecular flexibility index (Phi) is 5.70. The molecule has 0 spiro atoms. The first-order valence-corrected chi connectivity index (χ1v) is 7.78. The monoisotopic (exact) mass is 337 g/mol. The van der Waals surface area contributed by atoms with Crippen LogP contribution in [0.25, 0.3) is 0 Å². The average Bonchev–Trinajstić information content (AvgIpc) is 2.55. The van der Waals surface area contributed by atoms with Crippen LogP contribution in [-0.4, -0.2) is 24.7 Å². The third-order valence-electron chi connectivity index (χ3n) is 2.87. The maximum absolute atomic E-state index is 13.4. The lowest BCUT2D eigenvalue weighted by Gasteiger charge is -2.07. The number of hydrogen-bond acceptors (Lipinski definition) is 4. The standard InChI is InChI=1S/C16H13F2NO3S/c1-23-12-5-2-10(3-6-12)16(21)22-9-15(20)19-14-7-4-11(17)8-13(14)18/h2-8H,9H2,1H3,(H,19,20). The van der Waals surface area contributed by atoms with Crippen LogP contribution in [-0.2, 0) is 9.53 Å². The van der Waals surface area contributed by atoms with E-state index in [1.807, 2.05) is 6.26 Å². The largest absolute Gasteiger partial charge is 0.452 e. The summed E-state index contributed by atoms with van der Waals surface area (Å²) >= 11 is 1.53. The van der Waals surface area contributed by atoms with E-state index in [1.54, 1.807) is 24.3 Å². The van der Waals surface area contributed by atoms with Crippen LogP contribution in [0, 0.1) is 11.6 Å². The molecule has 7 heteroatoms. The molecular weight excluding hydrogens is 324 g/mol. The number of carbonyl (C=O) groups is 2. The van der Waals surface area contributed by atoms with E-state index in [4.69, 9.17) is 4.74 Å². The first-order chi connectivity index (χ1) is 11.0. The molecule has 23 heavy (non-hydrogen) atoms. The van der Waals surface area contributed by atoms with E-state index in [9.17, 15) is 18.4 Å². The minimum atomic E-state index is -0.905. The van der Waals surface area contributed by atoms with Crippen molar-refractivity contribution in [3.05, 3.63) is 59.7 Å². The van der Waals surface area contributed by atoms with Crippen molar-refractivity contribution in [1.82, 2.24) is 0 Å². The summed E-state index contributed by atoms with van der Waals surface area (Å²) in [6.07, 6.45) is 1.91. The van der Waals surface area contributed by atoms with Crippen molar-refractivity contribution < 1.29 is 23.1 Å². The van der Waals surface area contributed by atoms with E-state index in [-0.39, 0.29) is 5.69 Å². The third kappa shape index (κ3) is 4.79. The molecule has 0 radical (unpaired) electrons. The molecular formula is C16H13F2NO3S. The number of carbonyl (C=O) groups excluding carboxylic acids is 2. The molecule has 1 amide bonds. The highest BCUT2D eigenvalue weighted by molar-refractivity contribution is 7.98. The molecule has 0 atom stereocenters. The van der Waals surface area contributed by atoms with Gasteiger partial charge in [0.2, 0.25) is 0 Å². The molecule has 2 aromatic carbocycles. The fourth-order valence-corrected chi connectivity index (χ4v) is 2.13. The molecule has 1 N–H and O–H groups in total. The molecule has 0 saturated heterocycles. The Hall–Kier alpha value is -2.41. The van der Waals surface area contributed by atoms with E-state index in [0.29, 0.717) is 11.6 Å². The molecule has 0 aliphatic heterocycles. The van der Waals surface area contributed by atoms with Gasteiger partial charge in [-0.1, -0.05) is 0 Å². The SMILES string of the molecule is CSc1ccc(C(=O)OCC(=O)Nc2ccc(F)cc2F)cc1.